The van der Waals surface area contributed by atoms with Crippen LogP contribution in [0.25, 0.3) is 17.1 Å². The molecule has 0 saturated heterocycles. The zero-order valence-electron chi connectivity index (χ0n) is 19.5. The van der Waals surface area contributed by atoms with Gasteiger partial charge in [0.15, 0.2) is 5.82 Å². The van der Waals surface area contributed by atoms with Crippen LogP contribution in [-0.4, -0.2) is 29.3 Å². The lowest BCUT2D eigenvalue weighted by atomic mass is 10.1. The number of aryl methyl sites for hydroxylation is 1. The van der Waals surface area contributed by atoms with Gasteiger partial charge in [-0.15, -0.1) is 0 Å². The fourth-order valence-electron chi connectivity index (χ4n) is 3.55. The summed E-state index contributed by atoms with van der Waals surface area (Å²) in [7, 11) is 1.67. The molecule has 0 aliphatic heterocycles. The average Bonchev–Trinajstić information content (AvgIpc) is 3.01. The van der Waals surface area contributed by atoms with Gasteiger partial charge in [-0.25, -0.2) is 28.1 Å². The van der Waals surface area contributed by atoms with Crippen LogP contribution in [0.2, 0.25) is 0 Å². The second-order valence-electron chi connectivity index (χ2n) is 8.25. The van der Waals surface area contributed by atoms with E-state index in [1.165, 1.54) is 4.68 Å². The molecule has 4 aromatic heterocycles. The summed E-state index contributed by atoms with van der Waals surface area (Å²) in [5.74, 6) is -0.488. The Morgan fingerprint density at radius 2 is 1.82 bits per heavy atom. The van der Waals surface area contributed by atoms with Crippen molar-refractivity contribution < 1.29 is 13.5 Å². The van der Waals surface area contributed by atoms with Gasteiger partial charge in [0.25, 0.3) is 5.56 Å². The minimum Gasteiger partial charge on any atom is -0.471 e. The molecule has 0 aliphatic carbocycles. The van der Waals surface area contributed by atoms with E-state index in [2.05, 4.69) is 19.9 Å². The number of hydrogen-bond donors (Lipinski definition) is 0. The molecule has 0 spiro atoms. The van der Waals surface area contributed by atoms with E-state index in [0.717, 1.165) is 17.8 Å². The van der Waals surface area contributed by atoms with Crippen LogP contribution in [0.5, 0.6) is 5.88 Å². The standard InChI is InChI=1S/C24H24F2N6O2/c1-13(2)22-27-7-6-18(30-22)19-9-21(14(3)10-28-19)32-23(33)15(4)24(31(32)5)34-12-20-17(26)8-16(25)11-29-20/h6-11,13H,12H2,1-5H3. The summed E-state index contributed by atoms with van der Waals surface area (Å²) in [4.78, 5) is 30.3. The van der Waals surface area contributed by atoms with Gasteiger partial charge in [-0.3, -0.25) is 14.8 Å². The first-order chi connectivity index (χ1) is 16.2. The van der Waals surface area contributed by atoms with Gasteiger partial charge >= 0.3 is 0 Å². The van der Waals surface area contributed by atoms with Crippen molar-refractivity contribution in [3.8, 4) is 23.0 Å². The molecule has 0 aromatic carbocycles. The molecule has 8 nitrogen and oxygen atoms in total. The lowest BCUT2D eigenvalue weighted by Crippen LogP contribution is -2.21. The number of halogens is 2. The minimum atomic E-state index is -0.817. The zero-order valence-corrected chi connectivity index (χ0v) is 19.5. The number of hydrogen-bond acceptors (Lipinski definition) is 6. The third-order valence-electron chi connectivity index (χ3n) is 5.41. The van der Waals surface area contributed by atoms with Crippen LogP contribution >= 0.6 is 0 Å². The molecule has 4 rings (SSSR count). The molecule has 10 heteroatoms. The Morgan fingerprint density at radius 1 is 1.06 bits per heavy atom. The normalized spacial score (nSPS) is 11.3. The van der Waals surface area contributed by atoms with Crippen molar-refractivity contribution in [2.24, 2.45) is 7.05 Å². The molecule has 0 radical (unpaired) electrons. The Hall–Kier alpha value is -3.95. The number of nitrogens with zero attached hydrogens (tertiary/aromatic N) is 6. The monoisotopic (exact) mass is 466 g/mol. The summed E-state index contributed by atoms with van der Waals surface area (Å²) in [6.07, 6.45) is 4.28. The van der Waals surface area contributed by atoms with Gasteiger partial charge in [-0.1, -0.05) is 13.8 Å². The summed E-state index contributed by atoms with van der Waals surface area (Å²) in [6.45, 7) is 7.23. The van der Waals surface area contributed by atoms with Gasteiger partial charge in [-0.05, 0) is 31.5 Å². The highest BCUT2D eigenvalue weighted by Gasteiger charge is 2.20. The van der Waals surface area contributed by atoms with Crippen LogP contribution in [-0.2, 0) is 13.7 Å². The molecule has 0 atom stereocenters. The summed E-state index contributed by atoms with van der Waals surface area (Å²) in [5, 5.41) is 0. The Morgan fingerprint density at radius 3 is 2.53 bits per heavy atom. The van der Waals surface area contributed by atoms with E-state index in [4.69, 9.17) is 4.74 Å². The predicted molar refractivity (Wildman–Crippen MR) is 122 cm³/mol. The smallest absolute Gasteiger partial charge is 0.278 e. The molecule has 0 aliphatic rings. The van der Waals surface area contributed by atoms with Gasteiger partial charge in [0.2, 0.25) is 5.88 Å². The summed E-state index contributed by atoms with van der Waals surface area (Å²) in [6, 6.07) is 4.29. The number of pyridine rings is 2. The van der Waals surface area contributed by atoms with Gasteiger partial charge in [0, 0.05) is 31.4 Å². The van der Waals surface area contributed by atoms with Crippen molar-refractivity contribution in [2.75, 3.05) is 0 Å². The Labute approximate surface area is 194 Å². The van der Waals surface area contributed by atoms with Crippen molar-refractivity contribution in [3.05, 3.63) is 81.4 Å². The van der Waals surface area contributed by atoms with Gasteiger partial charge < -0.3 is 4.74 Å². The van der Waals surface area contributed by atoms with Crippen LogP contribution in [0.1, 0.15) is 42.4 Å². The maximum absolute atomic E-state index is 14.0. The quantitative estimate of drug-likeness (QED) is 0.427. The average molecular weight is 466 g/mol. The topological polar surface area (TPSA) is 87.7 Å². The van der Waals surface area contributed by atoms with Crippen molar-refractivity contribution in [2.45, 2.75) is 40.2 Å². The fraction of sp³-hybridized carbons (Fsp3) is 0.292. The molecule has 0 bridgehead atoms. The second kappa shape index (κ2) is 9.12. The maximum Gasteiger partial charge on any atom is 0.278 e. The lowest BCUT2D eigenvalue weighted by Gasteiger charge is -2.14. The van der Waals surface area contributed by atoms with Crippen LogP contribution in [0.3, 0.4) is 0 Å². The highest BCUT2D eigenvalue weighted by molar-refractivity contribution is 5.59. The first kappa shape index (κ1) is 23.2. The highest BCUT2D eigenvalue weighted by atomic mass is 19.1. The van der Waals surface area contributed by atoms with Crippen molar-refractivity contribution in [3.63, 3.8) is 0 Å². The molecule has 4 heterocycles. The minimum absolute atomic E-state index is 0.0619. The third kappa shape index (κ3) is 4.30. The molecule has 0 N–H and O–H groups in total. The SMILES string of the molecule is Cc1cnc(-c2ccnc(C(C)C)n2)cc1-n1c(=O)c(C)c(OCc2ncc(F)cc2F)n1C. The Kier molecular flexibility index (Phi) is 6.23. The summed E-state index contributed by atoms with van der Waals surface area (Å²) in [5.41, 5.74) is 2.59. The molecular formula is C24H24F2N6O2. The van der Waals surface area contributed by atoms with Crippen LogP contribution < -0.4 is 10.3 Å². The first-order valence-electron chi connectivity index (χ1n) is 10.7. The molecule has 34 heavy (non-hydrogen) atoms. The molecule has 0 fully saturated rings. The Balaban J connectivity index is 1.73. The van der Waals surface area contributed by atoms with E-state index >= 15 is 0 Å². The van der Waals surface area contributed by atoms with E-state index in [1.54, 1.807) is 43.2 Å². The van der Waals surface area contributed by atoms with Crippen molar-refractivity contribution >= 4 is 0 Å². The highest BCUT2D eigenvalue weighted by Crippen LogP contribution is 2.24. The van der Waals surface area contributed by atoms with E-state index in [1.807, 2.05) is 20.8 Å². The van der Waals surface area contributed by atoms with Gasteiger partial charge in [0.05, 0.1) is 28.8 Å². The largest absolute Gasteiger partial charge is 0.471 e. The third-order valence-corrected chi connectivity index (χ3v) is 5.41. The molecule has 0 unspecified atom stereocenters. The first-order valence-corrected chi connectivity index (χ1v) is 10.7. The van der Waals surface area contributed by atoms with Crippen molar-refractivity contribution in [1.29, 1.82) is 0 Å². The van der Waals surface area contributed by atoms with Crippen LogP contribution in [0.4, 0.5) is 8.78 Å². The zero-order chi connectivity index (χ0) is 24.6. The summed E-state index contributed by atoms with van der Waals surface area (Å²) >= 11 is 0. The number of aromatic nitrogens is 6. The second-order valence-corrected chi connectivity index (χ2v) is 8.25. The summed E-state index contributed by atoms with van der Waals surface area (Å²) < 4.78 is 35.8. The van der Waals surface area contributed by atoms with E-state index in [-0.39, 0.29) is 29.7 Å². The van der Waals surface area contributed by atoms with Crippen molar-refractivity contribution in [1.82, 2.24) is 29.3 Å². The predicted octanol–water partition coefficient (Wildman–Crippen LogP) is 4.02. The van der Waals surface area contributed by atoms with E-state index in [9.17, 15) is 13.6 Å². The number of rotatable bonds is 6. The number of ether oxygens (including phenoxy) is 1. The van der Waals surface area contributed by atoms with Gasteiger partial charge in [0.1, 0.15) is 23.9 Å². The van der Waals surface area contributed by atoms with Gasteiger partial charge in [-0.2, -0.15) is 0 Å². The molecular weight excluding hydrogens is 442 g/mol. The Bertz CT molecular complexity index is 1430. The van der Waals surface area contributed by atoms with Crippen LogP contribution in [0, 0.1) is 25.5 Å². The maximum atomic E-state index is 14.0. The molecule has 176 valence electrons. The lowest BCUT2D eigenvalue weighted by molar-refractivity contribution is 0.263. The van der Waals surface area contributed by atoms with E-state index < -0.39 is 11.6 Å². The molecule has 4 aromatic rings. The fourth-order valence-corrected chi connectivity index (χ4v) is 3.55. The molecule has 0 saturated carbocycles. The molecule has 0 amide bonds. The van der Waals surface area contributed by atoms with Crippen LogP contribution in [0.15, 0.2) is 41.6 Å². The van der Waals surface area contributed by atoms with E-state index in [0.29, 0.717) is 28.5 Å².